The van der Waals surface area contributed by atoms with Crippen LogP contribution in [0.3, 0.4) is 0 Å². The number of nitrogens with one attached hydrogen (secondary N) is 1. The summed E-state index contributed by atoms with van der Waals surface area (Å²) < 4.78 is 12.4. The van der Waals surface area contributed by atoms with Gasteiger partial charge in [0.1, 0.15) is 12.1 Å². The fraction of sp³-hybridized carbons (Fsp3) is 0.391. The Morgan fingerprint density at radius 2 is 1.81 bits per heavy atom. The van der Waals surface area contributed by atoms with Gasteiger partial charge in [0.05, 0.1) is 25.8 Å². The Balaban J connectivity index is 1.28. The van der Waals surface area contributed by atoms with Crippen LogP contribution in [0.15, 0.2) is 36.7 Å². The Hall–Kier alpha value is -3.62. The monoisotopic (exact) mass is 436 g/mol. The number of methoxy groups -OCH3 is 2. The molecule has 1 saturated heterocycles. The first-order valence-corrected chi connectivity index (χ1v) is 10.6. The summed E-state index contributed by atoms with van der Waals surface area (Å²) in [6, 6.07) is 9.71. The zero-order valence-electron chi connectivity index (χ0n) is 18.8. The van der Waals surface area contributed by atoms with Gasteiger partial charge in [-0.3, -0.25) is 4.79 Å². The highest BCUT2D eigenvalue weighted by molar-refractivity contribution is 5.81. The zero-order valence-corrected chi connectivity index (χ0v) is 18.8. The Labute approximate surface area is 187 Å². The predicted octanol–water partition coefficient (Wildman–Crippen LogP) is 2.09. The molecule has 32 heavy (non-hydrogen) atoms. The summed E-state index contributed by atoms with van der Waals surface area (Å²) in [5.41, 5.74) is 3.04. The van der Waals surface area contributed by atoms with Crippen LogP contribution < -0.4 is 19.7 Å². The van der Waals surface area contributed by atoms with Crippen LogP contribution in [-0.4, -0.2) is 59.5 Å². The van der Waals surface area contributed by atoms with Crippen LogP contribution in [-0.2, 0) is 11.2 Å². The largest absolute Gasteiger partial charge is 0.493 e. The van der Waals surface area contributed by atoms with Crippen LogP contribution in [0.2, 0.25) is 0 Å². The van der Waals surface area contributed by atoms with Crippen LogP contribution in [0.25, 0.3) is 5.82 Å². The number of hydrogen-bond acceptors (Lipinski definition) is 7. The molecule has 0 aliphatic carbocycles. The van der Waals surface area contributed by atoms with Crippen LogP contribution in [0.4, 0.5) is 5.82 Å². The van der Waals surface area contributed by atoms with Crippen LogP contribution >= 0.6 is 0 Å². The highest BCUT2D eigenvalue weighted by Gasteiger charge is 2.33. The molecule has 0 bridgehead atoms. The number of hydrogen-bond donors (Lipinski definition) is 1. The molecule has 1 amide bonds. The number of ether oxygens (including phenoxy) is 2. The van der Waals surface area contributed by atoms with E-state index in [1.165, 1.54) is 6.33 Å². The van der Waals surface area contributed by atoms with E-state index >= 15 is 0 Å². The predicted molar refractivity (Wildman–Crippen MR) is 121 cm³/mol. The molecule has 9 heteroatoms. The number of carbonyl (C=O) groups excluding carboxylic acids is 1. The van der Waals surface area contributed by atoms with Crippen molar-refractivity contribution in [3.8, 4) is 17.3 Å². The lowest BCUT2D eigenvalue weighted by Crippen LogP contribution is -2.54. The van der Waals surface area contributed by atoms with Crippen LogP contribution in [0, 0.1) is 19.8 Å². The summed E-state index contributed by atoms with van der Waals surface area (Å²) in [6.07, 6.45) is 2.26. The lowest BCUT2D eigenvalue weighted by molar-refractivity contribution is -0.125. The number of benzene rings is 1. The molecule has 1 aliphatic rings. The molecule has 3 aromatic rings. The van der Waals surface area contributed by atoms with Crippen molar-refractivity contribution in [1.29, 1.82) is 0 Å². The number of carbonyl (C=O) groups is 1. The van der Waals surface area contributed by atoms with Crippen molar-refractivity contribution in [3.63, 3.8) is 0 Å². The Morgan fingerprint density at radius 1 is 1.06 bits per heavy atom. The molecule has 1 aliphatic heterocycles. The average molecular weight is 437 g/mol. The Morgan fingerprint density at radius 3 is 2.50 bits per heavy atom. The molecule has 0 unspecified atom stereocenters. The minimum Gasteiger partial charge on any atom is -0.493 e. The van der Waals surface area contributed by atoms with Gasteiger partial charge in [-0.2, -0.15) is 5.10 Å². The molecular weight excluding hydrogens is 408 g/mol. The van der Waals surface area contributed by atoms with Crippen molar-refractivity contribution >= 4 is 11.7 Å². The molecule has 3 heterocycles. The second kappa shape index (κ2) is 9.25. The maximum atomic E-state index is 12.5. The molecule has 1 fully saturated rings. The first-order valence-electron chi connectivity index (χ1n) is 10.6. The number of amides is 1. The van der Waals surface area contributed by atoms with E-state index in [0.717, 1.165) is 35.0 Å². The van der Waals surface area contributed by atoms with Gasteiger partial charge in [0.25, 0.3) is 0 Å². The number of nitrogens with zero attached hydrogens (tertiary/aromatic N) is 5. The van der Waals surface area contributed by atoms with Crippen molar-refractivity contribution in [3.05, 3.63) is 53.6 Å². The van der Waals surface area contributed by atoms with Crippen molar-refractivity contribution in [2.24, 2.45) is 5.92 Å². The van der Waals surface area contributed by atoms with Gasteiger partial charge in [-0.15, -0.1) is 0 Å². The first-order chi connectivity index (χ1) is 15.5. The van der Waals surface area contributed by atoms with E-state index in [2.05, 4.69) is 25.3 Å². The van der Waals surface area contributed by atoms with Gasteiger partial charge in [-0.05, 0) is 44.0 Å². The smallest absolute Gasteiger partial charge is 0.226 e. The van der Waals surface area contributed by atoms with E-state index in [4.69, 9.17) is 9.47 Å². The standard InChI is InChI=1S/C23H28N6O3/c1-15-9-16(2)29(27-15)22-11-21(25-14-26-22)28-12-18(13-28)23(30)24-8-7-17-5-6-19(31-3)20(10-17)32-4/h5-6,9-11,14,18H,7-8,12-13H2,1-4H3,(H,24,30). The maximum Gasteiger partial charge on any atom is 0.226 e. The van der Waals surface area contributed by atoms with Gasteiger partial charge >= 0.3 is 0 Å². The lowest BCUT2D eigenvalue weighted by atomic mass is 9.99. The van der Waals surface area contributed by atoms with Crippen molar-refractivity contribution < 1.29 is 14.3 Å². The molecule has 168 valence electrons. The number of aromatic nitrogens is 4. The molecule has 0 saturated carbocycles. The zero-order chi connectivity index (χ0) is 22.7. The molecule has 0 spiro atoms. The molecule has 1 aromatic carbocycles. The van der Waals surface area contributed by atoms with Gasteiger partial charge < -0.3 is 19.7 Å². The van der Waals surface area contributed by atoms with Crippen molar-refractivity contribution in [2.75, 3.05) is 38.8 Å². The quantitative estimate of drug-likeness (QED) is 0.578. The van der Waals surface area contributed by atoms with Gasteiger partial charge in [-0.25, -0.2) is 14.6 Å². The van der Waals surface area contributed by atoms with Gasteiger partial charge in [-0.1, -0.05) is 6.07 Å². The van der Waals surface area contributed by atoms with Gasteiger partial charge in [0, 0.05) is 31.4 Å². The van der Waals surface area contributed by atoms with E-state index < -0.39 is 0 Å². The summed E-state index contributed by atoms with van der Waals surface area (Å²) >= 11 is 0. The van der Waals surface area contributed by atoms with Crippen molar-refractivity contribution in [1.82, 2.24) is 25.1 Å². The lowest BCUT2D eigenvalue weighted by Gasteiger charge is -2.39. The third kappa shape index (κ3) is 4.51. The molecule has 2 aromatic heterocycles. The van der Waals surface area contributed by atoms with Gasteiger partial charge in [0.2, 0.25) is 5.91 Å². The summed E-state index contributed by atoms with van der Waals surface area (Å²) in [7, 11) is 3.23. The molecule has 0 radical (unpaired) electrons. The van der Waals surface area contributed by atoms with E-state index in [9.17, 15) is 4.79 Å². The van der Waals surface area contributed by atoms with Crippen LogP contribution in [0.5, 0.6) is 11.5 Å². The second-order valence-corrected chi connectivity index (χ2v) is 7.91. The van der Waals surface area contributed by atoms with Crippen LogP contribution in [0.1, 0.15) is 17.0 Å². The molecular formula is C23H28N6O3. The summed E-state index contributed by atoms with van der Waals surface area (Å²) in [5, 5.41) is 7.51. The van der Waals surface area contributed by atoms with E-state index in [1.54, 1.807) is 18.9 Å². The molecule has 4 rings (SSSR count). The summed E-state index contributed by atoms with van der Waals surface area (Å²) in [4.78, 5) is 23.3. The van der Waals surface area contributed by atoms with E-state index in [0.29, 0.717) is 31.1 Å². The second-order valence-electron chi connectivity index (χ2n) is 7.91. The molecule has 9 nitrogen and oxygen atoms in total. The van der Waals surface area contributed by atoms with Crippen molar-refractivity contribution in [2.45, 2.75) is 20.3 Å². The number of anilines is 1. The highest BCUT2D eigenvalue weighted by Crippen LogP contribution is 2.28. The SMILES string of the molecule is COc1ccc(CCNC(=O)C2CN(c3cc(-n4nc(C)cc4C)ncn3)C2)cc1OC. The number of rotatable bonds is 8. The first kappa shape index (κ1) is 21.6. The topological polar surface area (TPSA) is 94.4 Å². The van der Waals surface area contributed by atoms with E-state index in [-0.39, 0.29) is 11.8 Å². The fourth-order valence-electron chi connectivity index (χ4n) is 3.83. The minimum absolute atomic E-state index is 0.0486. The maximum absolute atomic E-state index is 12.5. The minimum atomic E-state index is -0.0486. The Kier molecular flexibility index (Phi) is 6.25. The molecule has 0 atom stereocenters. The van der Waals surface area contributed by atoms with Gasteiger partial charge in [0.15, 0.2) is 17.3 Å². The molecule has 1 N–H and O–H groups in total. The van der Waals surface area contributed by atoms with E-state index in [1.807, 2.05) is 44.2 Å². The average Bonchev–Trinajstić information content (AvgIpc) is 3.10. The third-order valence-corrected chi connectivity index (χ3v) is 5.60. The highest BCUT2D eigenvalue weighted by atomic mass is 16.5. The third-order valence-electron chi connectivity index (χ3n) is 5.60. The summed E-state index contributed by atoms with van der Waals surface area (Å²) in [5.74, 6) is 2.93. The normalized spacial score (nSPS) is 13.6. The summed E-state index contributed by atoms with van der Waals surface area (Å²) in [6.45, 7) is 5.79. The number of aryl methyl sites for hydroxylation is 2. The fourth-order valence-corrected chi connectivity index (χ4v) is 3.83. The Bertz CT molecular complexity index is 1110.